The number of hydrogen-bond donors (Lipinski definition) is 1. The van der Waals surface area contributed by atoms with Crippen molar-refractivity contribution in [3.8, 4) is 17.2 Å². The highest BCUT2D eigenvalue weighted by Gasteiger charge is 2.16. The van der Waals surface area contributed by atoms with Crippen LogP contribution in [0.5, 0.6) is 17.2 Å². The van der Waals surface area contributed by atoms with Crippen LogP contribution in [0.1, 0.15) is 12.5 Å². The van der Waals surface area contributed by atoms with E-state index in [4.69, 9.17) is 14.2 Å². The standard InChI is InChI=1S/C14H21NO5/c1-5-15(2)13(17)9-20-14-11(18-3)6-10(8-16)7-12(14)19-4/h6-7,16H,5,8-9H2,1-4H3. The van der Waals surface area contributed by atoms with E-state index < -0.39 is 0 Å². The van der Waals surface area contributed by atoms with Crippen LogP contribution in [-0.4, -0.2) is 50.3 Å². The van der Waals surface area contributed by atoms with Crippen molar-refractivity contribution < 1.29 is 24.1 Å². The molecule has 0 aliphatic rings. The van der Waals surface area contributed by atoms with Gasteiger partial charge in [0.2, 0.25) is 5.75 Å². The molecule has 0 heterocycles. The third-order valence-corrected chi connectivity index (χ3v) is 2.94. The molecule has 1 amide bonds. The van der Waals surface area contributed by atoms with Crippen molar-refractivity contribution >= 4 is 5.91 Å². The molecule has 1 rings (SSSR count). The number of aliphatic hydroxyl groups excluding tert-OH is 1. The van der Waals surface area contributed by atoms with E-state index in [-0.39, 0.29) is 19.1 Å². The molecule has 1 N–H and O–H groups in total. The number of likely N-dealkylation sites (N-methyl/N-ethyl adjacent to an activating group) is 1. The van der Waals surface area contributed by atoms with Gasteiger partial charge in [0.25, 0.3) is 5.91 Å². The number of hydrogen-bond acceptors (Lipinski definition) is 5. The maximum Gasteiger partial charge on any atom is 0.260 e. The SMILES string of the molecule is CCN(C)C(=O)COc1c(OC)cc(CO)cc1OC. The first kappa shape index (κ1) is 16.1. The summed E-state index contributed by atoms with van der Waals surface area (Å²) in [5.74, 6) is 1.05. The number of amides is 1. The second-order valence-electron chi connectivity index (χ2n) is 4.18. The second kappa shape index (κ2) is 7.59. The highest BCUT2D eigenvalue weighted by Crippen LogP contribution is 2.38. The maximum absolute atomic E-state index is 11.7. The number of nitrogens with zero attached hydrogens (tertiary/aromatic N) is 1. The summed E-state index contributed by atoms with van der Waals surface area (Å²) >= 11 is 0. The summed E-state index contributed by atoms with van der Waals surface area (Å²) in [7, 11) is 4.68. The molecule has 0 aliphatic heterocycles. The highest BCUT2D eigenvalue weighted by atomic mass is 16.5. The zero-order chi connectivity index (χ0) is 15.1. The van der Waals surface area contributed by atoms with Crippen LogP contribution in [0.25, 0.3) is 0 Å². The van der Waals surface area contributed by atoms with Gasteiger partial charge >= 0.3 is 0 Å². The number of benzene rings is 1. The van der Waals surface area contributed by atoms with Crippen LogP contribution in [0.15, 0.2) is 12.1 Å². The molecule has 0 saturated heterocycles. The van der Waals surface area contributed by atoms with E-state index in [1.165, 1.54) is 14.2 Å². The molecule has 0 radical (unpaired) electrons. The van der Waals surface area contributed by atoms with Crippen molar-refractivity contribution in [1.29, 1.82) is 0 Å². The van der Waals surface area contributed by atoms with E-state index >= 15 is 0 Å². The number of aliphatic hydroxyl groups is 1. The Morgan fingerprint density at radius 3 is 2.20 bits per heavy atom. The summed E-state index contributed by atoms with van der Waals surface area (Å²) in [6.45, 7) is 2.26. The predicted octanol–water partition coefficient (Wildman–Crippen LogP) is 1.05. The van der Waals surface area contributed by atoms with Gasteiger partial charge in [0, 0.05) is 13.6 Å². The molecule has 0 bridgehead atoms. The molecule has 0 aromatic heterocycles. The largest absolute Gasteiger partial charge is 0.493 e. The average molecular weight is 283 g/mol. The van der Waals surface area contributed by atoms with Gasteiger partial charge in [-0.3, -0.25) is 4.79 Å². The van der Waals surface area contributed by atoms with Crippen LogP contribution < -0.4 is 14.2 Å². The fourth-order valence-electron chi connectivity index (χ4n) is 1.59. The van der Waals surface area contributed by atoms with E-state index in [1.807, 2.05) is 6.92 Å². The first-order valence-corrected chi connectivity index (χ1v) is 6.29. The average Bonchev–Trinajstić information content (AvgIpc) is 2.50. The lowest BCUT2D eigenvalue weighted by atomic mass is 10.2. The Labute approximate surface area is 118 Å². The Morgan fingerprint density at radius 1 is 1.25 bits per heavy atom. The van der Waals surface area contributed by atoms with Crippen molar-refractivity contribution in [1.82, 2.24) is 4.90 Å². The third kappa shape index (κ3) is 3.77. The number of ether oxygens (including phenoxy) is 3. The van der Waals surface area contributed by atoms with Crippen LogP contribution in [0, 0.1) is 0 Å². The Bertz CT molecular complexity index is 436. The summed E-state index contributed by atoms with van der Waals surface area (Å²) in [4.78, 5) is 13.3. The molecule has 0 atom stereocenters. The molecule has 0 spiro atoms. The van der Waals surface area contributed by atoms with Crippen LogP contribution in [0.3, 0.4) is 0 Å². The lowest BCUT2D eigenvalue weighted by Crippen LogP contribution is -2.31. The van der Waals surface area contributed by atoms with Gasteiger partial charge in [-0.25, -0.2) is 0 Å². The van der Waals surface area contributed by atoms with Gasteiger partial charge < -0.3 is 24.2 Å². The second-order valence-corrected chi connectivity index (χ2v) is 4.18. The molecule has 6 nitrogen and oxygen atoms in total. The van der Waals surface area contributed by atoms with Crippen molar-refractivity contribution in [3.05, 3.63) is 17.7 Å². The molecule has 0 aliphatic carbocycles. The van der Waals surface area contributed by atoms with Crippen LogP contribution >= 0.6 is 0 Å². The minimum Gasteiger partial charge on any atom is -0.493 e. The Morgan fingerprint density at radius 2 is 1.80 bits per heavy atom. The monoisotopic (exact) mass is 283 g/mol. The van der Waals surface area contributed by atoms with E-state index in [0.717, 1.165) is 0 Å². The summed E-state index contributed by atoms with van der Waals surface area (Å²) in [6, 6.07) is 3.29. The topological polar surface area (TPSA) is 68.2 Å². The molecule has 0 unspecified atom stereocenters. The number of methoxy groups -OCH3 is 2. The van der Waals surface area contributed by atoms with Gasteiger partial charge in [0.1, 0.15) is 0 Å². The van der Waals surface area contributed by atoms with E-state index in [0.29, 0.717) is 29.4 Å². The predicted molar refractivity (Wildman–Crippen MR) is 74.3 cm³/mol. The van der Waals surface area contributed by atoms with E-state index in [1.54, 1.807) is 24.1 Å². The fraction of sp³-hybridized carbons (Fsp3) is 0.500. The minimum atomic E-state index is -0.136. The molecule has 20 heavy (non-hydrogen) atoms. The molecule has 0 saturated carbocycles. The summed E-state index contributed by atoms with van der Waals surface area (Å²) < 4.78 is 15.9. The van der Waals surface area contributed by atoms with Crippen LogP contribution in [0.2, 0.25) is 0 Å². The fourth-order valence-corrected chi connectivity index (χ4v) is 1.59. The number of carbonyl (C=O) groups is 1. The van der Waals surface area contributed by atoms with Crippen molar-refractivity contribution in [3.63, 3.8) is 0 Å². The first-order chi connectivity index (χ1) is 9.57. The third-order valence-electron chi connectivity index (χ3n) is 2.94. The lowest BCUT2D eigenvalue weighted by Gasteiger charge is -2.18. The van der Waals surface area contributed by atoms with Gasteiger partial charge in [-0.05, 0) is 24.6 Å². The van der Waals surface area contributed by atoms with Crippen molar-refractivity contribution in [2.24, 2.45) is 0 Å². The number of carbonyl (C=O) groups excluding carboxylic acids is 1. The van der Waals surface area contributed by atoms with E-state index in [9.17, 15) is 9.90 Å². The Kier molecular flexibility index (Phi) is 6.11. The summed E-state index contributed by atoms with van der Waals surface area (Å²) in [5.41, 5.74) is 0.642. The Balaban J connectivity index is 2.95. The van der Waals surface area contributed by atoms with Gasteiger partial charge in [-0.1, -0.05) is 0 Å². The van der Waals surface area contributed by atoms with Crippen LogP contribution in [-0.2, 0) is 11.4 Å². The molecular weight excluding hydrogens is 262 g/mol. The molecular formula is C14H21NO5. The van der Waals surface area contributed by atoms with Crippen LogP contribution in [0.4, 0.5) is 0 Å². The first-order valence-electron chi connectivity index (χ1n) is 6.29. The maximum atomic E-state index is 11.7. The highest BCUT2D eigenvalue weighted by molar-refractivity contribution is 5.77. The van der Waals surface area contributed by atoms with Crippen molar-refractivity contribution in [2.75, 3.05) is 34.4 Å². The molecule has 1 aromatic carbocycles. The zero-order valence-electron chi connectivity index (χ0n) is 12.3. The van der Waals surface area contributed by atoms with Gasteiger partial charge in [-0.15, -0.1) is 0 Å². The smallest absolute Gasteiger partial charge is 0.260 e. The molecule has 6 heteroatoms. The Hall–Kier alpha value is -1.95. The van der Waals surface area contributed by atoms with Gasteiger partial charge in [0.15, 0.2) is 18.1 Å². The molecule has 1 aromatic rings. The zero-order valence-corrected chi connectivity index (χ0v) is 12.3. The van der Waals surface area contributed by atoms with E-state index in [2.05, 4.69) is 0 Å². The summed E-state index contributed by atoms with van der Waals surface area (Å²) in [5, 5.41) is 9.18. The normalized spacial score (nSPS) is 10.1. The molecule has 0 fully saturated rings. The minimum absolute atomic E-state index is 0.102. The molecule has 112 valence electrons. The van der Waals surface area contributed by atoms with Gasteiger partial charge in [0.05, 0.1) is 20.8 Å². The lowest BCUT2D eigenvalue weighted by molar-refractivity contribution is -0.131. The quantitative estimate of drug-likeness (QED) is 0.810. The summed E-state index contributed by atoms with van der Waals surface area (Å²) in [6.07, 6.45) is 0. The number of rotatable bonds is 7. The van der Waals surface area contributed by atoms with Crippen molar-refractivity contribution in [2.45, 2.75) is 13.5 Å². The van der Waals surface area contributed by atoms with Gasteiger partial charge in [-0.2, -0.15) is 0 Å².